The molecule has 78 valence electrons. The molecule has 0 radical (unpaired) electrons. The topological polar surface area (TPSA) is 72.2 Å². The van der Waals surface area contributed by atoms with E-state index in [0.29, 0.717) is 10.2 Å². The zero-order valence-electron chi connectivity index (χ0n) is 7.71. The lowest BCUT2D eigenvalue weighted by Gasteiger charge is -2.01. The second-order valence-corrected chi connectivity index (χ2v) is 3.94. The van der Waals surface area contributed by atoms with Crippen LogP contribution in [0.15, 0.2) is 22.6 Å². The molecule has 0 aromatic carbocycles. The minimum atomic E-state index is -0.923. The van der Waals surface area contributed by atoms with Crippen molar-refractivity contribution in [3.63, 3.8) is 0 Å². The van der Waals surface area contributed by atoms with Crippen LogP contribution in [0.5, 0.6) is 0 Å². The minimum Gasteiger partial charge on any atom is -0.481 e. The summed E-state index contributed by atoms with van der Waals surface area (Å²) in [6, 6.07) is 1.77. The van der Waals surface area contributed by atoms with E-state index in [2.05, 4.69) is 4.98 Å². The fourth-order valence-electron chi connectivity index (χ4n) is 1.25. The molecular formula is C9H8N2O3S. The molecule has 0 spiro atoms. The van der Waals surface area contributed by atoms with Crippen LogP contribution in [-0.2, 0) is 11.3 Å². The van der Waals surface area contributed by atoms with Gasteiger partial charge < -0.3 is 5.11 Å². The average Bonchev–Trinajstić information content (AvgIpc) is 2.65. The molecule has 0 atom stereocenters. The smallest absolute Gasteiger partial charge is 0.305 e. The zero-order chi connectivity index (χ0) is 10.8. The van der Waals surface area contributed by atoms with Gasteiger partial charge in [-0.2, -0.15) is 0 Å². The highest BCUT2D eigenvalue weighted by Gasteiger charge is 2.06. The number of hydrogen-bond acceptors (Lipinski definition) is 4. The van der Waals surface area contributed by atoms with E-state index >= 15 is 0 Å². The molecule has 2 aromatic rings. The molecule has 2 rings (SSSR count). The Bertz CT molecular complexity index is 558. The number of nitrogens with zero attached hydrogens (tertiary/aromatic N) is 2. The highest BCUT2D eigenvalue weighted by atomic mass is 32.1. The van der Waals surface area contributed by atoms with Gasteiger partial charge in [0.25, 0.3) is 5.56 Å². The predicted molar refractivity (Wildman–Crippen MR) is 56.1 cm³/mol. The van der Waals surface area contributed by atoms with Crippen LogP contribution in [0.2, 0.25) is 0 Å². The highest BCUT2D eigenvalue weighted by Crippen LogP contribution is 2.13. The summed E-state index contributed by atoms with van der Waals surface area (Å²) in [5.74, 6) is -0.923. The summed E-state index contributed by atoms with van der Waals surface area (Å²) in [6.07, 6.45) is 1.32. The van der Waals surface area contributed by atoms with Gasteiger partial charge in [-0.3, -0.25) is 14.2 Å². The molecule has 0 bridgehead atoms. The Kier molecular flexibility index (Phi) is 2.51. The van der Waals surface area contributed by atoms with Crippen molar-refractivity contribution < 1.29 is 9.90 Å². The molecule has 0 aliphatic rings. The van der Waals surface area contributed by atoms with Crippen molar-refractivity contribution in [1.82, 2.24) is 9.55 Å². The summed E-state index contributed by atoms with van der Waals surface area (Å²) in [5.41, 5.74) is 0.493. The molecule has 6 heteroatoms. The molecule has 0 aliphatic heterocycles. The lowest BCUT2D eigenvalue weighted by molar-refractivity contribution is -0.137. The van der Waals surface area contributed by atoms with Gasteiger partial charge in [0.05, 0.1) is 18.3 Å². The normalized spacial score (nSPS) is 10.7. The summed E-state index contributed by atoms with van der Waals surface area (Å²) >= 11 is 1.32. The Balaban J connectivity index is 2.40. The molecule has 1 N–H and O–H groups in total. The maximum Gasteiger partial charge on any atom is 0.305 e. The Labute approximate surface area is 88.6 Å². The average molecular weight is 224 g/mol. The molecular weight excluding hydrogens is 216 g/mol. The van der Waals surface area contributed by atoms with Gasteiger partial charge in [0.1, 0.15) is 4.70 Å². The Hall–Kier alpha value is -1.69. The molecule has 0 aliphatic carbocycles. The van der Waals surface area contributed by atoms with Crippen molar-refractivity contribution in [2.24, 2.45) is 0 Å². The van der Waals surface area contributed by atoms with Crippen molar-refractivity contribution in [2.75, 3.05) is 0 Å². The first-order valence-electron chi connectivity index (χ1n) is 4.33. The first-order chi connectivity index (χ1) is 7.18. The van der Waals surface area contributed by atoms with Gasteiger partial charge in [-0.25, -0.2) is 4.98 Å². The maximum absolute atomic E-state index is 11.7. The van der Waals surface area contributed by atoms with Gasteiger partial charge in [0.15, 0.2) is 0 Å². The third-order valence-corrected chi connectivity index (χ3v) is 2.89. The summed E-state index contributed by atoms with van der Waals surface area (Å²) in [5, 5.41) is 10.3. The van der Waals surface area contributed by atoms with Crippen LogP contribution >= 0.6 is 11.3 Å². The molecule has 15 heavy (non-hydrogen) atoms. The van der Waals surface area contributed by atoms with Gasteiger partial charge >= 0.3 is 5.97 Å². The molecule has 0 saturated heterocycles. The summed E-state index contributed by atoms with van der Waals surface area (Å²) in [6.45, 7) is 0.162. The van der Waals surface area contributed by atoms with E-state index in [9.17, 15) is 9.59 Å². The number of aromatic nitrogens is 2. The lowest BCUT2D eigenvalue weighted by atomic mass is 10.4. The van der Waals surface area contributed by atoms with Crippen LogP contribution in [-0.4, -0.2) is 20.6 Å². The summed E-state index contributed by atoms with van der Waals surface area (Å²) in [7, 11) is 0. The molecule has 0 saturated carbocycles. The van der Waals surface area contributed by atoms with Crippen molar-refractivity contribution >= 4 is 27.5 Å². The monoisotopic (exact) mass is 224 g/mol. The number of thiophene rings is 1. The largest absolute Gasteiger partial charge is 0.481 e. The number of carboxylic acids is 1. The number of aliphatic carboxylic acids is 1. The number of aryl methyl sites for hydroxylation is 1. The number of fused-ring (bicyclic) bond motifs is 1. The van der Waals surface area contributed by atoms with Crippen LogP contribution in [0.3, 0.4) is 0 Å². The van der Waals surface area contributed by atoms with Gasteiger partial charge in [-0.15, -0.1) is 11.3 Å². The van der Waals surface area contributed by atoms with Crippen molar-refractivity contribution in [3.05, 3.63) is 28.1 Å². The van der Waals surface area contributed by atoms with Crippen LogP contribution in [0.25, 0.3) is 10.2 Å². The van der Waals surface area contributed by atoms with E-state index in [-0.39, 0.29) is 18.5 Å². The minimum absolute atomic E-state index is 0.0710. The lowest BCUT2D eigenvalue weighted by Crippen LogP contribution is -2.21. The van der Waals surface area contributed by atoms with Crippen LogP contribution in [0.4, 0.5) is 0 Å². The molecule has 0 amide bonds. The standard InChI is InChI=1S/C9H8N2O3S/c12-7(13)1-3-11-5-10-6-2-4-15-8(6)9(11)14/h2,4-5H,1,3H2,(H,12,13). The molecule has 0 unspecified atom stereocenters. The second kappa shape index (κ2) is 3.82. The van der Waals surface area contributed by atoms with Crippen LogP contribution in [0.1, 0.15) is 6.42 Å². The van der Waals surface area contributed by atoms with Gasteiger partial charge in [-0.05, 0) is 11.4 Å². The number of rotatable bonds is 3. The van der Waals surface area contributed by atoms with Crippen LogP contribution in [0, 0.1) is 0 Å². The molecule has 2 aromatic heterocycles. The predicted octanol–water partition coefficient (Wildman–Crippen LogP) is 0.933. The van der Waals surface area contributed by atoms with Crippen LogP contribution < -0.4 is 5.56 Å². The van der Waals surface area contributed by atoms with E-state index in [1.54, 1.807) is 11.4 Å². The summed E-state index contributed by atoms with van der Waals surface area (Å²) < 4.78 is 1.90. The van der Waals surface area contributed by atoms with Crippen molar-refractivity contribution in [3.8, 4) is 0 Å². The Morgan fingerprint density at radius 3 is 3.13 bits per heavy atom. The fourth-order valence-corrected chi connectivity index (χ4v) is 2.05. The molecule has 2 heterocycles. The highest BCUT2D eigenvalue weighted by molar-refractivity contribution is 7.17. The van der Waals surface area contributed by atoms with E-state index in [0.717, 1.165) is 0 Å². The van der Waals surface area contributed by atoms with E-state index in [1.165, 1.54) is 22.2 Å². The number of carbonyl (C=O) groups is 1. The third-order valence-electron chi connectivity index (χ3n) is 2.00. The SMILES string of the molecule is O=C(O)CCn1cnc2ccsc2c1=O. The second-order valence-electron chi connectivity index (χ2n) is 3.02. The van der Waals surface area contributed by atoms with Crippen molar-refractivity contribution in [2.45, 2.75) is 13.0 Å². The third kappa shape index (κ3) is 1.89. The zero-order valence-corrected chi connectivity index (χ0v) is 8.53. The maximum atomic E-state index is 11.7. The molecule has 0 fully saturated rings. The van der Waals surface area contributed by atoms with E-state index in [1.807, 2.05) is 0 Å². The molecule has 5 nitrogen and oxygen atoms in total. The first kappa shape index (κ1) is 9.85. The Morgan fingerprint density at radius 2 is 2.40 bits per heavy atom. The summed E-state index contributed by atoms with van der Waals surface area (Å²) in [4.78, 5) is 26.2. The number of carboxylic acid groups (broad SMARTS) is 1. The Morgan fingerprint density at radius 1 is 1.60 bits per heavy atom. The van der Waals surface area contributed by atoms with Gasteiger partial charge in [-0.1, -0.05) is 0 Å². The number of hydrogen-bond donors (Lipinski definition) is 1. The van der Waals surface area contributed by atoms with E-state index < -0.39 is 5.97 Å². The van der Waals surface area contributed by atoms with Gasteiger partial charge in [0.2, 0.25) is 0 Å². The fraction of sp³-hybridized carbons (Fsp3) is 0.222. The van der Waals surface area contributed by atoms with E-state index in [4.69, 9.17) is 5.11 Å². The first-order valence-corrected chi connectivity index (χ1v) is 5.21. The van der Waals surface area contributed by atoms with Crippen molar-refractivity contribution in [1.29, 1.82) is 0 Å². The van der Waals surface area contributed by atoms with Gasteiger partial charge in [0, 0.05) is 6.54 Å². The quantitative estimate of drug-likeness (QED) is 0.841.